The molecule has 1 atom stereocenters. The molecule has 1 unspecified atom stereocenters. The third kappa shape index (κ3) is 20.7. The fraction of sp³-hybridized carbons (Fsp3) is 0.952. The van der Waals surface area contributed by atoms with Crippen molar-refractivity contribution in [2.24, 2.45) is 0 Å². The Labute approximate surface area is 176 Å². The fourth-order valence-electron chi connectivity index (χ4n) is 3.03. The zero-order chi connectivity index (χ0) is 18.6. The van der Waals surface area contributed by atoms with Crippen LogP contribution in [0.5, 0.6) is 0 Å². The largest absolute Gasteiger partial charge is 0.452 e. The van der Waals surface area contributed by atoms with Crippen molar-refractivity contribution >= 4 is 41.2 Å². The van der Waals surface area contributed by atoms with Gasteiger partial charge in [0.05, 0.1) is 6.42 Å². The molecular formula is C21H41IO2S. The van der Waals surface area contributed by atoms with Gasteiger partial charge in [0.25, 0.3) is 0 Å². The van der Waals surface area contributed by atoms with Gasteiger partial charge >= 0.3 is 5.97 Å². The Bertz CT molecular complexity index is 287. The van der Waals surface area contributed by atoms with Crippen molar-refractivity contribution in [3.05, 3.63) is 0 Å². The van der Waals surface area contributed by atoms with Crippen LogP contribution in [-0.4, -0.2) is 15.8 Å². The summed E-state index contributed by atoms with van der Waals surface area (Å²) in [6.45, 7) is 2.28. The van der Waals surface area contributed by atoms with Crippen LogP contribution in [0.25, 0.3) is 0 Å². The van der Waals surface area contributed by atoms with Crippen LogP contribution in [0.3, 0.4) is 0 Å². The normalized spacial score (nSPS) is 12.3. The van der Waals surface area contributed by atoms with Crippen LogP contribution in [0.2, 0.25) is 0 Å². The van der Waals surface area contributed by atoms with Crippen LogP contribution < -0.4 is 0 Å². The predicted molar refractivity (Wildman–Crippen MR) is 122 cm³/mol. The maximum atomic E-state index is 11.3. The van der Waals surface area contributed by atoms with Gasteiger partial charge in [-0.05, 0) is 35.4 Å². The number of unbranched alkanes of at least 4 members (excludes halogenated alkanes) is 14. The van der Waals surface area contributed by atoms with Gasteiger partial charge in [-0.1, -0.05) is 96.8 Å². The summed E-state index contributed by atoms with van der Waals surface area (Å²) in [6.07, 6.45) is 22.2. The maximum Gasteiger partial charge on any atom is 0.307 e. The Morgan fingerprint density at radius 3 is 1.60 bits per heavy atom. The number of ether oxygens (including phenoxy) is 1. The van der Waals surface area contributed by atoms with Gasteiger partial charge in [0.2, 0.25) is 0 Å². The molecule has 4 heteroatoms. The second-order valence-electron chi connectivity index (χ2n) is 7.11. The van der Waals surface area contributed by atoms with Gasteiger partial charge in [0, 0.05) is 5.75 Å². The number of hydrogen-bond acceptors (Lipinski definition) is 3. The zero-order valence-corrected chi connectivity index (χ0v) is 19.5. The number of rotatable bonds is 19. The lowest BCUT2D eigenvalue weighted by molar-refractivity contribution is -0.144. The Morgan fingerprint density at radius 1 is 0.800 bits per heavy atom. The van der Waals surface area contributed by atoms with Gasteiger partial charge in [-0.25, -0.2) is 0 Å². The van der Waals surface area contributed by atoms with E-state index < -0.39 is 0 Å². The number of alkyl halides is 1. The molecule has 0 bridgehead atoms. The van der Waals surface area contributed by atoms with E-state index >= 15 is 0 Å². The second kappa shape index (κ2) is 20.9. The van der Waals surface area contributed by atoms with Gasteiger partial charge in [-0.15, -0.1) is 0 Å². The highest BCUT2D eigenvalue weighted by atomic mass is 127. The minimum Gasteiger partial charge on any atom is -0.452 e. The third-order valence-electron chi connectivity index (χ3n) is 4.61. The molecule has 0 N–H and O–H groups in total. The molecular weight excluding hydrogens is 443 g/mol. The van der Waals surface area contributed by atoms with Crippen LogP contribution >= 0.6 is 35.2 Å². The summed E-state index contributed by atoms with van der Waals surface area (Å²) in [5.41, 5.74) is 0. The summed E-state index contributed by atoms with van der Waals surface area (Å²) in [7, 11) is 0. The molecule has 0 saturated heterocycles. The Hall–Kier alpha value is 0.550. The van der Waals surface area contributed by atoms with Crippen molar-refractivity contribution in [1.29, 1.82) is 0 Å². The lowest BCUT2D eigenvalue weighted by Crippen LogP contribution is -2.12. The van der Waals surface area contributed by atoms with E-state index in [1.165, 1.54) is 96.3 Å². The summed E-state index contributed by atoms with van der Waals surface area (Å²) < 4.78 is 5.34. The summed E-state index contributed by atoms with van der Waals surface area (Å²) in [5.74, 6) is 0.455. The summed E-state index contributed by atoms with van der Waals surface area (Å²) in [6, 6.07) is 0. The molecule has 0 aliphatic heterocycles. The Morgan fingerprint density at radius 2 is 1.20 bits per heavy atom. The van der Waals surface area contributed by atoms with Gasteiger partial charge in [0.15, 0.2) is 4.11 Å². The highest BCUT2D eigenvalue weighted by molar-refractivity contribution is 14.1. The molecule has 0 aliphatic carbocycles. The molecule has 0 fully saturated rings. The summed E-state index contributed by atoms with van der Waals surface area (Å²) >= 11 is 6.27. The fourth-order valence-corrected chi connectivity index (χ4v) is 3.93. The molecule has 0 aromatic carbocycles. The first kappa shape index (κ1) is 25.6. The minimum atomic E-state index is -0.115. The predicted octanol–water partition coefficient (Wildman–Crippen LogP) is 7.87. The molecule has 0 radical (unpaired) electrons. The average molecular weight is 485 g/mol. The first-order valence-corrected chi connectivity index (χ1v) is 12.5. The van der Waals surface area contributed by atoms with E-state index in [9.17, 15) is 4.79 Å². The van der Waals surface area contributed by atoms with Gasteiger partial charge in [-0.3, -0.25) is 4.79 Å². The Balaban J connectivity index is 3.15. The number of carbonyl (C=O) groups excluding carboxylic acids is 1. The van der Waals surface area contributed by atoms with E-state index in [4.69, 9.17) is 4.74 Å². The van der Waals surface area contributed by atoms with E-state index in [1.54, 1.807) is 0 Å². The molecule has 0 aromatic rings. The number of halogens is 1. The highest BCUT2D eigenvalue weighted by Gasteiger charge is 2.09. The van der Waals surface area contributed by atoms with Gasteiger partial charge in [-0.2, -0.15) is 12.6 Å². The Kier molecular flexibility index (Phi) is 21.3. The van der Waals surface area contributed by atoms with Crippen LogP contribution in [0.15, 0.2) is 0 Å². The van der Waals surface area contributed by atoms with Crippen molar-refractivity contribution in [2.45, 2.75) is 120 Å². The van der Waals surface area contributed by atoms with Crippen molar-refractivity contribution in [3.63, 3.8) is 0 Å². The molecule has 0 rings (SSSR count). The monoisotopic (exact) mass is 484 g/mol. The van der Waals surface area contributed by atoms with Crippen molar-refractivity contribution in [1.82, 2.24) is 0 Å². The van der Waals surface area contributed by atoms with Crippen molar-refractivity contribution < 1.29 is 9.53 Å². The molecule has 0 spiro atoms. The molecule has 25 heavy (non-hydrogen) atoms. The van der Waals surface area contributed by atoms with E-state index in [1.807, 2.05) is 0 Å². The van der Waals surface area contributed by atoms with E-state index in [0.29, 0.717) is 12.2 Å². The maximum absolute atomic E-state index is 11.3. The molecule has 2 nitrogen and oxygen atoms in total. The van der Waals surface area contributed by atoms with Crippen LogP contribution in [0, 0.1) is 0 Å². The topological polar surface area (TPSA) is 26.3 Å². The third-order valence-corrected chi connectivity index (χ3v) is 5.71. The number of hydrogen-bond donors (Lipinski definition) is 1. The molecule has 0 aliphatic rings. The number of thiol groups is 1. The molecule has 0 amide bonds. The molecule has 0 saturated carbocycles. The second-order valence-corrected chi connectivity index (χ2v) is 8.95. The smallest absolute Gasteiger partial charge is 0.307 e. The quantitative estimate of drug-likeness (QED) is 0.0664. The molecule has 0 aromatic heterocycles. The van der Waals surface area contributed by atoms with Crippen LogP contribution in [-0.2, 0) is 9.53 Å². The SMILES string of the molecule is CCCCCCCCCCCCCCCCCC(I)OC(=O)CCS. The first-order valence-electron chi connectivity index (χ1n) is 10.6. The van der Waals surface area contributed by atoms with Crippen molar-refractivity contribution in [3.8, 4) is 0 Å². The zero-order valence-electron chi connectivity index (χ0n) is 16.4. The summed E-state index contributed by atoms with van der Waals surface area (Å²) in [5, 5.41) is 0. The standard InChI is InChI=1S/C21H41IO2S/c1-2-3-4-5-6-7-8-9-10-11-12-13-14-15-16-17-20(22)24-21(23)18-19-25/h20,25H,2-19H2,1H3. The lowest BCUT2D eigenvalue weighted by atomic mass is 10.0. The number of carbonyl (C=O) groups is 1. The average Bonchev–Trinajstić information content (AvgIpc) is 2.58. The van der Waals surface area contributed by atoms with Crippen molar-refractivity contribution in [2.75, 3.05) is 5.75 Å². The molecule has 150 valence electrons. The van der Waals surface area contributed by atoms with E-state index in [2.05, 4.69) is 42.1 Å². The van der Waals surface area contributed by atoms with Gasteiger partial charge in [0.1, 0.15) is 0 Å². The van der Waals surface area contributed by atoms with E-state index in [0.717, 1.165) is 6.42 Å². The minimum absolute atomic E-state index is 0.0342. The highest BCUT2D eigenvalue weighted by Crippen LogP contribution is 2.17. The molecule has 0 heterocycles. The van der Waals surface area contributed by atoms with Gasteiger partial charge < -0.3 is 4.74 Å². The van der Waals surface area contributed by atoms with Crippen LogP contribution in [0.4, 0.5) is 0 Å². The number of esters is 1. The summed E-state index contributed by atoms with van der Waals surface area (Å²) in [4.78, 5) is 11.3. The van der Waals surface area contributed by atoms with Crippen LogP contribution in [0.1, 0.15) is 116 Å². The lowest BCUT2D eigenvalue weighted by Gasteiger charge is -2.11. The van der Waals surface area contributed by atoms with E-state index in [-0.39, 0.29) is 10.1 Å². The first-order chi connectivity index (χ1) is 12.2.